The number of nitrogens with zero attached hydrogens (tertiary/aromatic N) is 2. The molecule has 0 saturated carbocycles. The van der Waals surface area contributed by atoms with Crippen LogP contribution < -0.4 is 5.32 Å². The predicted molar refractivity (Wildman–Crippen MR) is 78.0 cm³/mol. The number of nitro groups is 1. The highest BCUT2D eigenvalue weighted by Gasteiger charge is 2.34. The van der Waals surface area contributed by atoms with E-state index in [-0.39, 0.29) is 19.1 Å². The Labute approximate surface area is 127 Å². The van der Waals surface area contributed by atoms with Crippen LogP contribution >= 0.6 is 11.8 Å². The normalized spacial score (nSPS) is 18.5. The van der Waals surface area contributed by atoms with Crippen molar-refractivity contribution < 1.29 is 19.2 Å². The number of carbonyl (C=O) groups excluding carboxylic acids is 2. The first-order valence-corrected chi connectivity index (χ1v) is 7.81. The first-order chi connectivity index (χ1) is 9.99. The van der Waals surface area contributed by atoms with E-state index in [9.17, 15) is 19.7 Å². The molecule has 0 unspecified atom stereocenters. The number of likely N-dealkylation sites (tertiary alicyclic amines) is 1. The van der Waals surface area contributed by atoms with Crippen LogP contribution in [0.15, 0.2) is 11.2 Å². The molecule has 1 saturated heterocycles. The Hall–Kier alpha value is -1.77. The number of hydrogen-bond donors (Lipinski definition) is 1. The average molecular weight is 317 g/mol. The lowest BCUT2D eigenvalue weighted by atomic mass is 10.2. The van der Waals surface area contributed by atoms with E-state index < -0.39 is 16.9 Å². The van der Waals surface area contributed by atoms with Gasteiger partial charge in [-0.3, -0.25) is 14.9 Å². The van der Waals surface area contributed by atoms with Crippen LogP contribution in [0.1, 0.15) is 19.8 Å². The number of rotatable bonds is 7. The van der Waals surface area contributed by atoms with Crippen LogP contribution in [0.2, 0.25) is 0 Å². The Bertz CT molecular complexity index is 441. The van der Waals surface area contributed by atoms with Crippen molar-refractivity contribution >= 4 is 23.6 Å². The second kappa shape index (κ2) is 8.50. The van der Waals surface area contributed by atoms with Crippen LogP contribution in [-0.2, 0) is 14.3 Å². The molecule has 0 spiro atoms. The molecular weight excluding hydrogens is 298 g/mol. The van der Waals surface area contributed by atoms with Crippen LogP contribution in [-0.4, -0.2) is 53.7 Å². The minimum absolute atomic E-state index is 0.0869. The zero-order valence-corrected chi connectivity index (χ0v) is 12.9. The second-order valence-corrected chi connectivity index (χ2v) is 5.18. The Kier molecular flexibility index (Phi) is 7.00. The average Bonchev–Trinajstić information content (AvgIpc) is 2.92. The van der Waals surface area contributed by atoms with Gasteiger partial charge in [0.15, 0.2) is 0 Å². The highest BCUT2D eigenvalue weighted by atomic mass is 32.2. The van der Waals surface area contributed by atoms with Gasteiger partial charge < -0.3 is 15.0 Å². The smallest absolute Gasteiger partial charge is 0.328 e. The van der Waals surface area contributed by atoms with E-state index in [4.69, 9.17) is 4.74 Å². The molecule has 1 heterocycles. The highest BCUT2D eigenvalue weighted by Crippen LogP contribution is 2.18. The van der Waals surface area contributed by atoms with Gasteiger partial charge in [0, 0.05) is 6.54 Å². The summed E-state index contributed by atoms with van der Waals surface area (Å²) >= 11 is 1.14. The first kappa shape index (κ1) is 17.3. The van der Waals surface area contributed by atoms with Gasteiger partial charge >= 0.3 is 5.97 Å². The van der Waals surface area contributed by atoms with Crippen molar-refractivity contribution in [1.82, 2.24) is 10.2 Å². The second-order valence-electron chi connectivity index (χ2n) is 4.33. The summed E-state index contributed by atoms with van der Waals surface area (Å²) in [6.45, 7) is 2.40. The predicted octanol–water partition coefficient (Wildman–Crippen LogP) is 0.569. The third-order valence-corrected chi connectivity index (χ3v) is 3.68. The molecule has 0 bridgehead atoms. The van der Waals surface area contributed by atoms with Gasteiger partial charge in [-0.1, -0.05) is 0 Å². The van der Waals surface area contributed by atoms with Gasteiger partial charge in [0.2, 0.25) is 5.91 Å². The van der Waals surface area contributed by atoms with Gasteiger partial charge in [0.05, 0.1) is 18.1 Å². The SMILES string of the molecule is CCOC(=O)[C@@H]1CCCN1C(=O)CN/C(=C\[N+](=O)[O-])SC. The standard InChI is InChI=1S/C12H19N3O5S/c1-3-20-12(17)9-5-4-6-14(9)11(16)7-13-10(21-2)8-15(18)19/h8-9,13H,3-7H2,1-2H3/b10-8+/t9-/m0/s1. The molecule has 1 rings (SSSR count). The van der Waals surface area contributed by atoms with Gasteiger partial charge in [0.25, 0.3) is 6.20 Å². The molecular formula is C12H19N3O5S. The number of nitrogens with one attached hydrogen (secondary N) is 1. The van der Waals surface area contributed by atoms with E-state index in [0.717, 1.165) is 24.4 Å². The maximum Gasteiger partial charge on any atom is 0.328 e. The Morgan fingerprint density at radius 3 is 2.86 bits per heavy atom. The van der Waals surface area contributed by atoms with E-state index in [1.807, 2.05) is 0 Å². The number of hydrogen-bond acceptors (Lipinski definition) is 7. The number of esters is 1. The fraction of sp³-hybridized carbons (Fsp3) is 0.667. The molecule has 0 radical (unpaired) electrons. The quantitative estimate of drug-likeness (QED) is 0.416. The zero-order valence-electron chi connectivity index (χ0n) is 12.0. The molecule has 0 aromatic heterocycles. The van der Waals surface area contributed by atoms with Gasteiger partial charge in [-0.2, -0.15) is 0 Å². The van der Waals surface area contributed by atoms with E-state index in [1.54, 1.807) is 13.2 Å². The lowest BCUT2D eigenvalue weighted by Crippen LogP contribution is -2.44. The third-order valence-electron chi connectivity index (χ3n) is 2.99. The van der Waals surface area contributed by atoms with E-state index >= 15 is 0 Å². The number of amides is 1. The van der Waals surface area contributed by atoms with Crippen molar-refractivity contribution in [3.8, 4) is 0 Å². The molecule has 0 aliphatic carbocycles. The van der Waals surface area contributed by atoms with E-state index in [1.165, 1.54) is 4.90 Å². The molecule has 1 fully saturated rings. The van der Waals surface area contributed by atoms with Crippen molar-refractivity contribution in [1.29, 1.82) is 0 Å². The largest absolute Gasteiger partial charge is 0.464 e. The van der Waals surface area contributed by atoms with Crippen molar-refractivity contribution in [2.24, 2.45) is 0 Å². The molecule has 118 valence electrons. The summed E-state index contributed by atoms with van der Waals surface area (Å²) in [5.74, 6) is -0.664. The lowest BCUT2D eigenvalue weighted by Gasteiger charge is -2.23. The molecule has 1 N–H and O–H groups in total. The summed E-state index contributed by atoms with van der Waals surface area (Å²) < 4.78 is 4.95. The van der Waals surface area contributed by atoms with Gasteiger partial charge in [0.1, 0.15) is 11.1 Å². The first-order valence-electron chi connectivity index (χ1n) is 6.58. The molecule has 1 aliphatic rings. The molecule has 1 amide bonds. The molecule has 0 aromatic rings. The summed E-state index contributed by atoms with van der Waals surface area (Å²) in [4.78, 5) is 35.2. The van der Waals surface area contributed by atoms with Crippen LogP contribution in [0, 0.1) is 10.1 Å². The van der Waals surface area contributed by atoms with Crippen LogP contribution in [0.5, 0.6) is 0 Å². The maximum absolute atomic E-state index is 12.1. The summed E-state index contributed by atoms with van der Waals surface area (Å²) in [5.41, 5.74) is 0. The van der Waals surface area contributed by atoms with E-state index in [0.29, 0.717) is 18.0 Å². The third kappa shape index (κ3) is 5.25. The van der Waals surface area contributed by atoms with Crippen LogP contribution in [0.25, 0.3) is 0 Å². The van der Waals surface area contributed by atoms with E-state index in [2.05, 4.69) is 5.32 Å². The summed E-state index contributed by atoms with van der Waals surface area (Å²) in [7, 11) is 0. The van der Waals surface area contributed by atoms with Crippen molar-refractivity contribution in [2.45, 2.75) is 25.8 Å². The Balaban J connectivity index is 2.58. The van der Waals surface area contributed by atoms with Crippen LogP contribution in [0.4, 0.5) is 0 Å². The van der Waals surface area contributed by atoms with Crippen molar-refractivity contribution in [3.05, 3.63) is 21.3 Å². The minimum Gasteiger partial charge on any atom is -0.464 e. The minimum atomic E-state index is -0.583. The van der Waals surface area contributed by atoms with Gasteiger partial charge in [-0.05, 0) is 26.0 Å². The maximum atomic E-state index is 12.1. The van der Waals surface area contributed by atoms with Gasteiger partial charge in [-0.15, -0.1) is 11.8 Å². The highest BCUT2D eigenvalue weighted by molar-refractivity contribution is 8.02. The monoisotopic (exact) mass is 317 g/mol. The lowest BCUT2D eigenvalue weighted by molar-refractivity contribution is -0.403. The van der Waals surface area contributed by atoms with Crippen molar-refractivity contribution in [2.75, 3.05) is 26.0 Å². The number of carbonyl (C=O) groups is 2. The Morgan fingerprint density at radius 2 is 2.29 bits per heavy atom. The zero-order chi connectivity index (χ0) is 15.8. The molecule has 1 aliphatic heterocycles. The summed E-state index contributed by atoms with van der Waals surface area (Å²) in [6, 6.07) is -0.545. The number of thioether (sulfide) groups is 1. The Morgan fingerprint density at radius 1 is 1.57 bits per heavy atom. The molecule has 0 aromatic carbocycles. The fourth-order valence-electron chi connectivity index (χ4n) is 2.08. The summed E-state index contributed by atoms with van der Waals surface area (Å²) in [5, 5.41) is 13.4. The van der Waals surface area contributed by atoms with Crippen molar-refractivity contribution in [3.63, 3.8) is 0 Å². The molecule has 9 heteroatoms. The fourth-order valence-corrected chi connectivity index (χ4v) is 2.49. The summed E-state index contributed by atoms with van der Waals surface area (Å²) in [6.07, 6.45) is 3.81. The molecule has 8 nitrogen and oxygen atoms in total. The molecule has 21 heavy (non-hydrogen) atoms. The molecule has 1 atom stereocenters. The topological polar surface area (TPSA) is 102 Å². The number of ether oxygens (including phenoxy) is 1. The van der Waals surface area contributed by atoms with Crippen LogP contribution in [0.3, 0.4) is 0 Å². The van der Waals surface area contributed by atoms with Gasteiger partial charge in [-0.25, -0.2) is 4.79 Å².